The molecule has 31 heavy (non-hydrogen) atoms. The lowest BCUT2D eigenvalue weighted by Crippen LogP contribution is -2.22. The summed E-state index contributed by atoms with van der Waals surface area (Å²) >= 11 is 0. The fourth-order valence-electron chi connectivity index (χ4n) is 3.33. The topological polar surface area (TPSA) is 36.9 Å². The van der Waals surface area contributed by atoms with Crippen LogP contribution >= 0.6 is 0 Å². The average Bonchev–Trinajstić information content (AvgIpc) is 2.71. The van der Waals surface area contributed by atoms with Crippen molar-refractivity contribution in [2.24, 2.45) is 0 Å². The van der Waals surface area contributed by atoms with Gasteiger partial charge < -0.3 is 18.9 Å². The van der Waals surface area contributed by atoms with Gasteiger partial charge in [-0.3, -0.25) is 0 Å². The van der Waals surface area contributed by atoms with Crippen LogP contribution in [0.15, 0.2) is 60.7 Å². The van der Waals surface area contributed by atoms with Crippen LogP contribution in [0.4, 0.5) is 0 Å². The van der Waals surface area contributed by atoms with Crippen LogP contribution < -0.4 is 18.9 Å². The molecule has 2 aromatic carbocycles. The first-order valence-electron chi connectivity index (χ1n) is 10.8. The van der Waals surface area contributed by atoms with Crippen molar-refractivity contribution in [3.8, 4) is 23.0 Å². The van der Waals surface area contributed by atoms with Crippen LogP contribution in [-0.2, 0) is 5.41 Å². The molecule has 0 aromatic heterocycles. The zero-order valence-corrected chi connectivity index (χ0v) is 19.8. The molecule has 0 bridgehead atoms. The molecule has 0 heterocycles. The van der Waals surface area contributed by atoms with Gasteiger partial charge in [-0.1, -0.05) is 39.1 Å². The second-order valence-electron chi connectivity index (χ2n) is 8.30. The van der Waals surface area contributed by atoms with Gasteiger partial charge in [0.2, 0.25) is 0 Å². The van der Waals surface area contributed by atoms with Gasteiger partial charge in [0.1, 0.15) is 36.2 Å². The highest BCUT2D eigenvalue weighted by atomic mass is 16.5. The molecule has 0 spiro atoms. The van der Waals surface area contributed by atoms with Gasteiger partial charge in [0.25, 0.3) is 0 Å². The minimum Gasteiger partial charge on any atom is -0.493 e. The monoisotopic (exact) mass is 424 g/mol. The number of ether oxygens (including phenoxy) is 4. The van der Waals surface area contributed by atoms with Crippen LogP contribution in [0, 0.1) is 0 Å². The third-order valence-electron chi connectivity index (χ3n) is 4.82. The van der Waals surface area contributed by atoms with E-state index in [1.165, 1.54) is 0 Å². The molecule has 0 aliphatic rings. The summed E-state index contributed by atoms with van der Waals surface area (Å²) in [4.78, 5) is 0. The smallest absolute Gasteiger partial charge is 0.127 e. The molecule has 0 radical (unpaired) electrons. The van der Waals surface area contributed by atoms with E-state index in [1.807, 2.05) is 52.0 Å². The average molecular weight is 425 g/mol. The zero-order chi connectivity index (χ0) is 23.0. The second-order valence-corrected chi connectivity index (χ2v) is 8.30. The first-order chi connectivity index (χ1) is 14.7. The quantitative estimate of drug-likeness (QED) is 0.354. The highest BCUT2D eigenvalue weighted by Crippen LogP contribution is 2.43. The standard InChI is InChI=1S/C27H36O4/c1-9-28-25-15-21(30-17-19(3)4)11-13-23(25)27(7,8)24-14-12-22(31-18-20(5)6)16-26(24)29-10-2/h11-16H,3,5,9-10,17-18H2,1-2,4,6-8H3. The molecule has 0 aliphatic heterocycles. The van der Waals surface area contributed by atoms with Crippen molar-refractivity contribution in [2.45, 2.75) is 47.0 Å². The highest BCUT2D eigenvalue weighted by Gasteiger charge is 2.30. The van der Waals surface area contributed by atoms with Crippen LogP contribution in [0.2, 0.25) is 0 Å². The third-order valence-corrected chi connectivity index (χ3v) is 4.82. The minimum absolute atomic E-state index is 0.366. The molecule has 2 rings (SSSR count). The molecule has 0 unspecified atom stereocenters. The lowest BCUT2D eigenvalue weighted by Gasteiger charge is -2.30. The number of rotatable bonds is 12. The van der Waals surface area contributed by atoms with Crippen molar-refractivity contribution in [3.05, 3.63) is 71.8 Å². The Morgan fingerprint density at radius 2 is 1.10 bits per heavy atom. The van der Waals surface area contributed by atoms with E-state index in [2.05, 4.69) is 39.1 Å². The third kappa shape index (κ3) is 6.55. The summed E-state index contributed by atoms with van der Waals surface area (Å²) in [6, 6.07) is 12.0. The molecule has 2 aromatic rings. The summed E-state index contributed by atoms with van der Waals surface area (Å²) in [5, 5.41) is 0. The Hall–Kier alpha value is -2.88. The van der Waals surface area contributed by atoms with Crippen molar-refractivity contribution >= 4 is 0 Å². The van der Waals surface area contributed by atoms with Gasteiger partial charge in [0, 0.05) is 28.7 Å². The predicted molar refractivity (Wildman–Crippen MR) is 128 cm³/mol. The van der Waals surface area contributed by atoms with Crippen LogP contribution in [0.5, 0.6) is 23.0 Å². The van der Waals surface area contributed by atoms with Gasteiger partial charge >= 0.3 is 0 Å². The molecule has 0 saturated carbocycles. The summed E-state index contributed by atoms with van der Waals surface area (Å²) < 4.78 is 23.7. The SMILES string of the molecule is C=C(C)COc1ccc(C(C)(C)c2ccc(OCC(=C)C)cc2OCC)c(OCC)c1. The Kier molecular flexibility index (Phi) is 8.61. The molecule has 0 N–H and O–H groups in total. The summed E-state index contributed by atoms with van der Waals surface area (Å²) in [5.41, 5.74) is 3.70. The number of hydrogen-bond donors (Lipinski definition) is 0. The molecule has 0 amide bonds. The molecule has 0 aliphatic carbocycles. The largest absolute Gasteiger partial charge is 0.493 e. The van der Waals surface area contributed by atoms with E-state index in [9.17, 15) is 0 Å². The molecular weight excluding hydrogens is 388 g/mol. The second kappa shape index (κ2) is 10.9. The molecule has 4 nitrogen and oxygen atoms in total. The Bertz CT molecular complexity index is 838. The van der Waals surface area contributed by atoms with Crippen LogP contribution in [0.3, 0.4) is 0 Å². The maximum absolute atomic E-state index is 6.00. The van der Waals surface area contributed by atoms with Crippen molar-refractivity contribution in [3.63, 3.8) is 0 Å². The highest BCUT2D eigenvalue weighted by molar-refractivity contribution is 5.54. The van der Waals surface area contributed by atoms with Crippen LogP contribution in [0.1, 0.15) is 52.7 Å². The van der Waals surface area contributed by atoms with E-state index < -0.39 is 0 Å². The number of benzene rings is 2. The lowest BCUT2D eigenvalue weighted by atomic mass is 9.77. The van der Waals surface area contributed by atoms with Crippen molar-refractivity contribution in [2.75, 3.05) is 26.4 Å². The van der Waals surface area contributed by atoms with E-state index in [0.29, 0.717) is 26.4 Å². The van der Waals surface area contributed by atoms with E-state index in [4.69, 9.17) is 18.9 Å². The van der Waals surface area contributed by atoms with Crippen molar-refractivity contribution in [1.29, 1.82) is 0 Å². The van der Waals surface area contributed by atoms with E-state index >= 15 is 0 Å². The van der Waals surface area contributed by atoms with Gasteiger partial charge in [-0.05, 0) is 51.0 Å². The molecule has 0 atom stereocenters. The summed E-state index contributed by atoms with van der Waals surface area (Å²) in [6.07, 6.45) is 0. The zero-order valence-electron chi connectivity index (χ0n) is 19.8. The fraction of sp³-hybridized carbons (Fsp3) is 0.407. The van der Waals surface area contributed by atoms with E-state index in [1.54, 1.807) is 0 Å². The summed E-state index contributed by atoms with van der Waals surface area (Å²) in [6.45, 7) is 22.1. The van der Waals surface area contributed by atoms with Gasteiger partial charge in [-0.2, -0.15) is 0 Å². The van der Waals surface area contributed by atoms with Crippen LogP contribution in [0.25, 0.3) is 0 Å². The molecule has 168 valence electrons. The Morgan fingerprint density at radius 3 is 1.42 bits per heavy atom. The number of hydrogen-bond acceptors (Lipinski definition) is 4. The van der Waals surface area contributed by atoms with Crippen LogP contribution in [-0.4, -0.2) is 26.4 Å². The summed E-state index contributed by atoms with van der Waals surface area (Å²) in [5.74, 6) is 3.13. The lowest BCUT2D eigenvalue weighted by molar-refractivity contribution is 0.313. The van der Waals surface area contributed by atoms with E-state index in [-0.39, 0.29) is 5.41 Å². The maximum atomic E-state index is 6.00. The minimum atomic E-state index is -0.366. The fourth-order valence-corrected chi connectivity index (χ4v) is 3.33. The summed E-state index contributed by atoms with van der Waals surface area (Å²) in [7, 11) is 0. The molecule has 4 heteroatoms. The Balaban J connectivity index is 2.46. The van der Waals surface area contributed by atoms with Crippen molar-refractivity contribution in [1.82, 2.24) is 0 Å². The molecule has 0 saturated heterocycles. The predicted octanol–water partition coefficient (Wildman–Crippen LogP) is 6.72. The molecule has 0 fully saturated rings. The van der Waals surface area contributed by atoms with Crippen molar-refractivity contribution < 1.29 is 18.9 Å². The van der Waals surface area contributed by atoms with Gasteiger partial charge in [-0.15, -0.1) is 0 Å². The van der Waals surface area contributed by atoms with E-state index in [0.717, 1.165) is 45.3 Å². The van der Waals surface area contributed by atoms with Gasteiger partial charge in [-0.25, -0.2) is 0 Å². The first-order valence-corrected chi connectivity index (χ1v) is 10.8. The first kappa shape index (κ1) is 24.4. The van der Waals surface area contributed by atoms with Gasteiger partial charge in [0.15, 0.2) is 0 Å². The van der Waals surface area contributed by atoms with Gasteiger partial charge in [0.05, 0.1) is 13.2 Å². The molecular formula is C27H36O4. The normalized spacial score (nSPS) is 11.0. The Labute approximate surface area is 187 Å². The Morgan fingerprint density at radius 1 is 0.710 bits per heavy atom. The maximum Gasteiger partial charge on any atom is 0.127 e.